The number of hydrogen-bond donors (Lipinski definition) is 2. The standard InChI is InChI=1S/C37H67N3O2/c1-26(2)11-9-10-12-27-14-16-31-30-15-13-28-25-29(17-19-37(28,8)32(30)18-20-36(27,31)7)42-33(41)40(23-21-34(3,4)38)24-22-35(5,6)39/h13,26-27,29-32H,9-12,14-25,38-39H2,1-8H3/t27?,29-,30?,31?,32?,36?,37?/m0/s1. The van der Waals surface area contributed by atoms with Crippen molar-refractivity contribution in [2.75, 3.05) is 13.1 Å². The molecule has 0 aromatic rings. The molecule has 4 aliphatic rings. The van der Waals surface area contributed by atoms with Crippen molar-refractivity contribution < 1.29 is 9.53 Å². The molecule has 6 unspecified atom stereocenters. The molecule has 0 bridgehead atoms. The van der Waals surface area contributed by atoms with Gasteiger partial charge in [-0.15, -0.1) is 0 Å². The Bertz CT molecular complexity index is 928. The van der Waals surface area contributed by atoms with E-state index in [1.54, 1.807) is 5.57 Å². The largest absolute Gasteiger partial charge is 0.446 e. The number of hydrogen-bond acceptors (Lipinski definition) is 4. The number of nitrogens with zero attached hydrogens (tertiary/aromatic N) is 1. The Morgan fingerprint density at radius 1 is 0.976 bits per heavy atom. The maximum absolute atomic E-state index is 13.4. The number of amides is 1. The summed E-state index contributed by atoms with van der Waals surface area (Å²) < 4.78 is 6.24. The van der Waals surface area contributed by atoms with Gasteiger partial charge in [0.25, 0.3) is 0 Å². The molecule has 4 aliphatic carbocycles. The number of fused-ring (bicyclic) bond motifs is 5. The number of carbonyl (C=O) groups excluding carboxylic acids is 1. The van der Waals surface area contributed by atoms with Gasteiger partial charge in [-0.3, -0.25) is 0 Å². The predicted octanol–water partition coefficient (Wildman–Crippen LogP) is 8.84. The lowest BCUT2D eigenvalue weighted by Crippen LogP contribution is -2.51. The summed E-state index contributed by atoms with van der Waals surface area (Å²) in [6.07, 6.45) is 19.5. The number of nitrogens with two attached hydrogens (primary N) is 2. The Morgan fingerprint density at radius 3 is 2.26 bits per heavy atom. The topological polar surface area (TPSA) is 81.6 Å². The van der Waals surface area contributed by atoms with Crippen LogP contribution in [0.15, 0.2) is 11.6 Å². The SMILES string of the molecule is CC(C)CCCCC1CCC2C3CC=C4C[C@@H](OC(=O)N(CCC(C)(C)N)CCC(C)(C)N)CCC4(C)C3CCC12C. The first-order valence-electron chi connectivity index (χ1n) is 17.7. The minimum absolute atomic E-state index is 0.0248. The second-order valence-electron chi connectivity index (χ2n) is 17.5. The van der Waals surface area contributed by atoms with Gasteiger partial charge in [0.1, 0.15) is 6.10 Å². The first-order valence-corrected chi connectivity index (χ1v) is 17.7. The molecule has 242 valence electrons. The van der Waals surface area contributed by atoms with E-state index in [0.29, 0.717) is 18.5 Å². The second-order valence-corrected chi connectivity index (χ2v) is 17.5. The molecule has 3 saturated carbocycles. The van der Waals surface area contributed by atoms with Gasteiger partial charge >= 0.3 is 6.09 Å². The zero-order chi connectivity index (χ0) is 30.9. The Labute approximate surface area is 259 Å². The van der Waals surface area contributed by atoms with Gasteiger partial charge in [0.2, 0.25) is 0 Å². The molecular weight excluding hydrogens is 518 g/mol. The molecule has 5 heteroatoms. The Kier molecular flexibility index (Phi) is 10.6. The summed E-state index contributed by atoms with van der Waals surface area (Å²) in [6.45, 7) is 19.2. The van der Waals surface area contributed by atoms with Gasteiger partial charge in [-0.2, -0.15) is 0 Å². The predicted molar refractivity (Wildman–Crippen MR) is 176 cm³/mol. The average Bonchev–Trinajstić information content (AvgIpc) is 3.21. The third kappa shape index (κ3) is 7.95. The molecule has 3 fully saturated rings. The highest BCUT2D eigenvalue weighted by molar-refractivity contribution is 5.68. The van der Waals surface area contributed by atoms with E-state index >= 15 is 0 Å². The van der Waals surface area contributed by atoms with E-state index in [2.05, 4.69) is 33.8 Å². The van der Waals surface area contributed by atoms with Crippen molar-refractivity contribution in [1.29, 1.82) is 0 Å². The van der Waals surface area contributed by atoms with E-state index in [1.807, 2.05) is 32.6 Å². The second kappa shape index (κ2) is 13.1. The fraction of sp³-hybridized carbons (Fsp3) is 0.919. The molecule has 0 aromatic heterocycles. The zero-order valence-corrected chi connectivity index (χ0v) is 28.8. The van der Waals surface area contributed by atoms with Gasteiger partial charge in [0, 0.05) is 30.6 Å². The van der Waals surface area contributed by atoms with Crippen LogP contribution in [0.1, 0.15) is 145 Å². The van der Waals surface area contributed by atoms with Gasteiger partial charge in [0.15, 0.2) is 0 Å². The third-order valence-electron chi connectivity index (χ3n) is 12.4. The van der Waals surface area contributed by atoms with Crippen molar-refractivity contribution in [2.24, 2.45) is 51.9 Å². The van der Waals surface area contributed by atoms with Crippen molar-refractivity contribution in [3.8, 4) is 0 Å². The highest BCUT2D eigenvalue weighted by atomic mass is 16.6. The minimum atomic E-state index is -0.323. The molecule has 42 heavy (non-hydrogen) atoms. The van der Waals surface area contributed by atoms with Crippen molar-refractivity contribution in [2.45, 2.75) is 162 Å². The summed E-state index contributed by atoms with van der Waals surface area (Å²) in [6, 6.07) is 0. The molecular formula is C37H67N3O2. The normalized spacial score (nSPS) is 34.8. The summed E-state index contributed by atoms with van der Waals surface area (Å²) in [5.41, 5.74) is 14.3. The lowest BCUT2D eigenvalue weighted by molar-refractivity contribution is -0.0534. The van der Waals surface area contributed by atoms with Crippen molar-refractivity contribution >= 4 is 6.09 Å². The van der Waals surface area contributed by atoms with Crippen LogP contribution in [0.3, 0.4) is 0 Å². The van der Waals surface area contributed by atoms with Gasteiger partial charge in [-0.25, -0.2) is 4.79 Å². The van der Waals surface area contributed by atoms with Gasteiger partial charge in [-0.05, 0) is 132 Å². The molecule has 0 saturated heterocycles. The highest BCUT2D eigenvalue weighted by Gasteiger charge is 2.58. The molecule has 0 radical (unpaired) electrons. The van der Waals surface area contributed by atoms with E-state index in [4.69, 9.17) is 16.2 Å². The van der Waals surface area contributed by atoms with Crippen LogP contribution in [0.25, 0.3) is 0 Å². The summed E-state index contributed by atoms with van der Waals surface area (Å²) in [5.74, 6) is 4.29. The van der Waals surface area contributed by atoms with Crippen LogP contribution >= 0.6 is 0 Å². The monoisotopic (exact) mass is 586 g/mol. The molecule has 0 spiro atoms. The van der Waals surface area contributed by atoms with E-state index in [-0.39, 0.29) is 28.7 Å². The average molecular weight is 586 g/mol. The number of rotatable bonds is 12. The third-order valence-corrected chi connectivity index (χ3v) is 12.4. The Morgan fingerprint density at radius 2 is 1.64 bits per heavy atom. The molecule has 1 amide bonds. The summed E-state index contributed by atoms with van der Waals surface area (Å²) >= 11 is 0. The number of allylic oxidation sites excluding steroid dienone is 1. The minimum Gasteiger partial charge on any atom is -0.446 e. The molecule has 0 heterocycles. The molecule has 4 rings (SSSR count). The van der Waals surface area contributed by atoms with Crippen molar-refractivity contribution in [1.82, 2.24) is 4.90 Å². The molecule has 0 aromatic carbocycles. The van der Waals surface area contributed by atoms with E-state index in [9.17, 15) is 4.79 Å². The zero-order valence-electron chi connectivity index (χ0n) is 28.8. The van der Waals surface area contributed by atoms with Crippen LogP contribution in [0, 0.1) is 40.4 Å². The highest BCUT2D eigenvalue weighted by Crippen LogP contribution is 2.66. The van der Waals surface area contributed by atoms with Crippen LogP contribution < -0.4 is 11.5 Å². The first-order chi connectivity index (χ1) is 19.5. The number of unbranched alkanes of at least 4 members (excludes halogenated alkanes) is 1. The fourth-order valence-corrected chi connectivity index (χ4v) is 9.61. The summed E-state index contributed by atoms with van der Waals surface area (Å²) in [4.78, 5) is 15.3. The number of carbonyl (C=O) groups is 1. The lowest BCUT2D eigenvalue weighted by Gasteiger charge is -2.58. The number of ether oxygens (including phenoxy) is 1. The first kappa shape index (κ1) is 33.8. The molecule has 4 N–H and O–H groups in total. The van der Waals surface area contributed by atoms with E-state index in [0.717, 1.165) is 61.7 Å². The summed E-state index contributed by atoms with van der Waals surface area (Å²) in [5, 5.41) is 0. The van der Waals surface area contributed by atoms with Gasteiger partial charge < -0.3 is 21.1 Å². The van der Waals surface area contributed by atoms with Gasteiger partial charge in [-0.1, -0.05) is 58.6 Å². The van der Waals surface area contributed by atoms with E-state index in [1.165, 1.54) is 57.8 Å². The molecule has 0 aliphatic heterocycles. The maximum Gasteiger partial charge on any atom is 0.410 e. The maximum atomic E-state index is 13.4. The lowest BCUT2D eigenvalue weighted by atomic mass is 9.47. The van der Waals surface area contributed by atoms with Crippen LogP contribution in [0.4, 0.5) is 4.79 Å². The molecule has 7 atom stereocenters. The smallest absolute Gasteiger partial charge is 0.410 e. The summed E-state index contributed by atoms with van der Waals surface area (Å²) in [7, 11) is 0. The fourth-order valence-electron chi connectivity index (χ4n) is 9.61. The molecule has 5 nitrogen and oxygen atoms in total. The van der Waals surface area contributed by atoms with Crippen LogP contribution in [0.5, 0.6) is 0 Å². The van der Waals surface area contributed by atoms with Crippen molar-refractivity contribution in [3.63, 3.8) is 0 Å². The van der Waals surface area contributed by atoms with Crippen LogP contribution in [-0.4, -0.2) is 41.3 Å². The Hall–Kier alpha value is -1.07. The van der Waals surface area contributed by atoms with Crippen molar-refractivity contribution in [3.05, 3.63) is 11.6 Å². The van der Waals surface area contributed by atoms with Crippen LogP contribution in [-0.2, 0) is 4.74 Å². The van der Waals surface area contributed by atoms with Gasteiger partial charge in [0.05, 0.1) is 0 Å². The van der Waals surface area contributed by atoms with Crippen LogP contribution in [0.2, 0.25) is 0 Å². The Balaban J connectivity index is 1.38. The van der Waals surface area contributed by atoms with E-state index < -0.39 is 0 Å². The quantitative estimate of drug-likeness (QED) is 0.177.